The largest absolute Gasteiger partial charge is 0.389 e. The van der Waals surface area contributed by atoms with Crippen molar-refractivity contribution in [1.82, 2.24) is 0 Å². The molecule has 21 heavy (non-hydrogen) atoms. The van der Waals surface area contributed by atoms with Crippen molar-refractivity contribution in [2.24, 2.45) is 5.73 Å². The highest BCUT2D eigenvalue weighted by Gasteiger charge is 2.36. The van der Waals surface area contributed by atoms with Crippen LogP contribution in [0.2, 0.25) is 0 Å². The van der Waals surface area contributed by atoms with E-state index in [2.05, 4.69) is 0 Å². The molecular formula is C14H18N2O3S2. The van der Waals surface area contributed by atoms with Crippen LogP contribution in [0.25, 0.3) is 0 Å². The molecule has 7 heteroatoms. The average molecular weight is 326 g/mol. The van der Waals surface area contributed by atoms with E-state index in [9.17, 15) is 13.2 Å². The fraction of sp³-hybridized carbons (Fsp3) is 0.429. The molecule has 1 fully saturated rings. The lowest BCUT2D eigenvalue weighted by Crippen LogP contribution is -2.43. The van der Waals surface area contributed by atoms with Crippen LogP contribution in [0.1, 0.15) is 24.8 Å². The Hall–Kier alpha value is -1.47. The summed E-state index contributed by atoms with van der Waals surface area (Å²) in [5.74, 6) is -0.306. The molecule has 0 aromatic heterocycles. The predicted octanol–water partition coefficient (Wildman–Crippen LogP) is 1.25. The Kier molecular flexibility index (Phi) is 4.63. The second kappa shape index (κ2) is 6.11. The summed E-state index contributed by atoms with van der Waals surface area (Å²) in [7, 11) is -1.77. The molecule has 0 radical (unpaired) electrons. The minimum Gasteiger partial charge on any atom is -0.389 e. The molecule has 2 N–H and O–H groups in total. The third-order valence-corrected chi connectivity index (χ3v) is 6.10. The van der Waals surface area contributed by atoms with Crippen molar-refractivity contribution >= 4 is 38.6 Å². The Bertz CT molecular complexity index is 671. The number of thiocarbonyl (C=S) groups is 1. The Morgan fingerprint density at radius 3 is 2.71 bits per heavy atom. The van der Waals surface area contributed by atoms with E-state index in [-0.39, 0.29) is 10.7 Å². The van der Waals surface area contributed by atoms with Gasteiger partial charge >= 0.3 is 0 Å². The zero-order valence-corrected chi connectivity index (χ0v) is 13.4. The van der Waals surface area contributed by atoms with Crippen LogP contribution < -0.4 is 10.6 Å². The number of hydrogen-bond donors (Lipinski definition) is 1. The van der Waals surface area contributed by atoms with Crippen LogP contribution in [0.4, 0.5) is 5.69 Å². The van der Waals surface area contributed by atoms with Crippen molar-refractivity contribution < 1.29 is 13.2 Å². The van der Waals surface area contributed by atoms with Crippen LogP contribution in [0.3, 0.4) is 0 Å². The first-order chi connectivity index (χ1) is 9.83. The van der Waals surface area contributed by atoms with Gasteiger partial charge < -0.3 is 10.6 Å². The molecule has 1 saturated heterocycles. The minimum atomic E-state index is -3.34. The molecule has 1 aliphatic heterocycles. The maximum absolute atomic E-state index is 12.5. The zero-order valence-electron chi connectivity index (χ0n) is 11.8. The fourth-order valence-electron chi connectivity index (χ4n) is 2.44. The Labute approximate surface area is 130 Å². The number of anilines is 1. The maximum atomic E-state index is 12.5. The van der Waals surface area contributed by atoms with E-state index in [0.717, 1.165) is 6.42 Å². The molecule has 1 aromatic carbocycles. The molecule has 1 amide bonds. The lowest BCUT2D eigenvalue weighted by molar-refractivity contribution is -0.118. The van der Waals surface area contributed by atoms with Gasteiger partial charge in [-0.3, -0.25) is 4.79 Å². The van der Waals surface area contributed by atoms with Gasteiger partial charge in [0.1, 0.15) is 10.2 Å². The van der Waals surface area contributed by atoms with Crippen molar-refractivity contribution in [1.29, 1.82) is 0 Å². The number of amides is 1. The summed E-state index contributed by atoms with van der Waals surface area (Å²) >= 11 is 4.91. The third-order valence-electron chi connectivity index (χ3n) is 3.70. The van der Waals surface area contributed by atoms with E-state index in [0.29, 0.717) is 24.1 Å². The molecule has 0 aliphatic carbocycles. The lowest BCUT2D eigenvalue weighted by atomic mass is 10.1. The molecule has 5 nitrogen and oxygen atoms in total. The molecule has 2 rings (SSSR count). The molecule has 1 aliphatic rings. The predicted molar refractivity (Wildman–Crippen MR) is 87.2 cm³/mol. The SMILES string of the molecule is CN(C(=O)C1CCCCS1(=O)=O)c1cccc(C(N)=S)c1. The summed E-state index contributed by atoms with van der Waals surface area (Å²) < 4.78 is 24.1. The highest BCUT2D eigenvalue weighted by molar-refractivity contribution is 7.92. The van der Waals surface area contributed by atoms with E-state index in [4.69, 9.17) is 18.0 Å². The van der Waals surface area contributed by atoms with Gasteiger partial charge in [-0.15, -0.1) is 0 Å². The van der Waals surface area contributed by atoms with E-state index < -0.39 is 21.0 Å². The molecule has 0 spiro atoms. The van der Waals surface area contributed by atoms with Crippen molar-refractivity contribution in [2.75, 3.05) is 17.7 Å². The summed E-state index contributed by atoms with van der Waals surface area (Å²) in [4.78, 5) is 14.1. The average Bonchev–Trinajstić information content (AvgIpc) is 2.45. The van der Waals surface area contributed by atoms with Crippen LogP contribution >= 0.6 is 12.2 Å². The van der Waals surface area contributed by atoms with Gasteiger partial charge in [-0.1, -0.05) is 30.8 Å². The minimum absolute atomic E-state index is 0.0875. The van der Waals surface area contributed by atoms with Crippen LogP contribution in [-0.2, 0) is 14.6 Å². The Morgan fingerprint density at radius 1 is 1.38 bits per heavy atom. The molecular weight excluding hydrogens is 308 g/mol. The molecule has 0 bridgehead atoms. The van der Waals surface area contributed by atoms with E-state index >= 15 is 0 Å². The lowest BCUT2D eigenvalue weighted by Gasteiger charge is -2.26. The van der Waals surface area contributed by atoms with E-state index in [1.807, 2.05) is 0 Å². The number of carbonyl (C=O) groups excluding carboxylic acids is 1. The number of rotatable bonds is 3. The van der Waals surface area contributed by atoms with Crippen molar-refractivity contribution in [3.63, 3.8) is 0 Å². The topological polar surface area (TPSA) is 80.5 Å². The monoisotopic (exact) mass is 326 g/mol. The molecule has 1 unspecified atom stereocenters. The standard InChI is InChI=1S/C14H18N2O3S2/c1-16(11-6-4-5-10(9-11)13(15)20)14(17)12-7-2-3-8-21(12,18)19/h4-6,9,12H,2-3,7-8H2,1H3,(H2,15,20). The van der Waals surface area contributed by atoms with Gasteiger partial charge in [0.15, 0.2) is 9.84 Å². The normalized spacial score (nSPS) is 20.7. The van der Waals surface area contributed by atoms with Gasteiger partial charge in [0, 0.05) is 18.3 Å². The Morgan fingerprint density at radius 2 is 2.10 bits per heavy atom. The van der Waals surface area contributed by atoms with Gasteiger partial charge in [0.2, 0.25) is 5.91 Å². The summed E-state index contributed by atoms with van der Waals surface area (Å²) in [6, 6.07) is 6.91. The van der Waals surface area contributed by atoms with Crippen LogP contribution in [0, 0.1) is 0 Å². The molecule has 1 atom stereocenters. The highest BCUT2D eigenvalue weighted by Crippen LogP contribution is 2.24. The molecule has 114 valence electrons. The number of sulfone groups is 1. The molecule has 1 aromatic rings. The maximum Gasteiger partial charge on any atom is 0.245 e. The van der Waals surface area contributed by atoms with Crippen molar-refractivity contribution in [3.8, 4) is 0 Å². The Balaban J connectivity index is 2.27. The summed E-state index contributed by atoms with van der Waals surface area (Å²) in [5.41, 5.74) is 6.81. The van der Waals surface area contributed by atoms with Gasteiger partial charge in [-0.25, -0.2) is 8.42 Å². The van der Waals surface area contributed by atoms with E-state index in [1.54, 1.807) is 31.3 Å². The van der Waals surface area contributed by atoms with Crippen LogP contribution in [0.15, 0.2) is 24.3 Å². The van der Waals surface area contributed by atoms with Crippen LogP contribution in [-0.4, -0.2) is 37.4 Å². The number of hydrogen-bond acceptors (Lipinski definition) is 4. The number of nitrogens with two attached hydrogens (primary N) is 1. The quantitative estimate of drug-likeness (QED) is 0.846. The first-order valence-corrected chi connectivity index (χ1v) is 8.84. The second-order valence-corrected chi connectivity index (χ2v) is 7.91. The highest BCUT2D eigenvalue weighted by atomic mass is 32.2. The van der Waals surface area contributed by atoms with Crippen molar-refractivity contribution in [3.05, 3.63) is 29.8 Å². The first kappa shape index (κ1) is 15.9. The number of nitrogens with zero attached hydrogens (tertiary/aromatic N) is 1. The van der Waals surface area contributed by atoms with Gasteiger partial charge in [-0.2, -0.15) is 0 Å². The van der Waals surface area contributed by atoms with E-state index in [1.165, 1.54) is 4.90 Å². The smallest absolute Gasteiger partial charge is 0.245 e. The second-order valence-electron chi connectivity index (χ2n) is 5.16. The first-order valence-electron chi connectivity index (χ1n) is 6.72. The number of carbonyl (C=O) groups is 1. The fourth-order valence-corrected chi connectivity index (χ4v) is 4.45. The van der Waals surface area contributed by atoms with Crippen LogP contribution in [0.5, 0.6) is 0 Å². The molecule has 1 heterocycles. The number of benzene rings is 1. The zero-order chi connectivity index (χ0) is 15.6. The summed E-state index contributed by atoms with van der Waals surface area (Å²) in [5, 5.41) is -0.940. The van der Waals surface area contributed by atoms with Gasteiger partial charge in [0.05, 0.1) is 5.75 Å². The summed E-state index contributed by atoms with van der Waals surface area (Å²) in [6.45, 7) is 0. The molecule has 0 saturated carbocycles. The van der Waals surface area contributed by atoms with Crippen molar-refractivity contribution in [2.45, 2.75) is 24.5 Å². The summed E-state index contributed by atoms with van der Waals surface area (Å²) in [6.07, 6.45) is 1.78. The third kappa shape index (κ3) is 3.41. The van der Waals surface area contributed by atoms with Gasteiger partial charge in [-0.05, 0) is 25.0 Å². The van der Waals surface area contributed by atoms with Gasteiger partial charge in [0.25, 0.3) is 0 Å².